The first kappa shape index (κ1) is 15.1. The van der Waals surface area contributed by atoms with Crippen LogP contribution in [0.5, 0.6) is 0 Å². The number of carbonyl (C=O) groups excluding carboxylic acids is 1. The first-order chi connectivity index (χ1) is 10.5. The minimum absolute atomic E-state index is 0.173. The monoisotopic (exact) mass is 358 g/mol. The molecular formula is C14H6Cl2F2N2OS. The fourth-order valence-corrected chi connectivity index (χ4v) is 3.15. The van der Waals surface area contributed by atoms with Crippen LogP contribution in [-0.4, -0.2) is 10.9 Å². The fourth-order valence-electron chi connectivity index (χ4n) is 1.87. The number of carbonyl (C=O) groups is 1. The first-order valence-corrected chi connectivity index (χ1v) is 7.54. The molecule has 1 aromatic heterocycles. The van der Waals surface area contributed by atoms with Crippen LogP contribution in [0.2, 0.25) is 10.0 Å². The minimum Gasteiger partial charge on any atom is -0.298 e. The average molecular weight is 359 g/mol. The highest BCUT2D eigenvalue weighted by molar-refractivity contribution is 7.22. The topological polar surface area (TPSA) is 42.0 Å². The van der Waals surface area contributed by atoms with Crippen LogP contribution in [0.15, 0.2) is 30.3 Å². The Balaban J connectivity index is 1.96. The number of hydrogen-bond acceptors (Lipinski definition) is 3. The molecule has 1 N–H and O–H groups in total. The molecule has 0 fully saturated rings. The highest BCUT2D eigenvalue weighted by Gasteiger charge is 2.19. The maximum absolute atomic E-state index is 13.6. The molecule has 0 bridgehead atoms. The van der Waals surface area contributed by atoms with Gasteiger partial charge in [0, 0.05) is 0 Å². The Kier molecular flexibility index (Phi) is 3.99. The molecule has 0 unspecified atom stereocenters. The van der Waals surface area contributed by atoms with Crippen molar-refractivity contribution in [1.82, 2.24) is 4.98 Å². The maximum atomic E-state index is 13.6. The van der Waals surface area contributed by atoms with Gasteiger partial charge in [0.25, 0.3) is 5.91 Å². The number of fused-ring (bicyclic) bond motifs is 1. The van der Waals surface area contributed by atoms with Crippen molar-refractivity contribution >= 4 is 55.8 Å². The van der Waals surface area contributed by atoms with Crippen LogP contribution in [0.3, 0.4) is 0 Å². The highest BCUT2D eigenvalue weighted by atomic mass is 35.5. The van der Waals surface area contributed by atoms with Gasteiger partial charge in [-0.1, -0.05) is 40.6 Å². The van der Waals surface area contributed by atoms with Crippen LogP contribution in [0.4, 0.5) is 13.9 Å². The molecule has 0 radical (unpaired) electrons. The summed E-state index contributed by atoms with van der Waals surface area (Å²) in [4.78, 5) is 16.1. The normalized spacial score (nSPS) is 10.9. The van der Waals surface area contributed by atoms with Crippen molar-refractivity contribution < 1.29 is 13.6 Å². The van der Waals surface area contributed by atoms with E-state index in [1.54, 1.807) is 12.1 Å². The molecule has 0 saturated heterocycles. The molecule has 2 aromatic carbocycles. The van der Waals surface area contributed by atoms with Gasteiger partial charge in [-0.15, -0.1) is 0 Å². The van der Waals surface area contributed by atoms with Gasteiger partial charge in [0.2, 0.25) is 0 Å². The second-order valence-corrected chi connectivity index (χ2v) is 6.09. The van der Waals surface area contributed by atoms with Gasteiger partial charge in [-0.25, -0.2) is 13.8 Å². The molecule has 0 atom stereocenters. The third kappa shape index (κ3) is 2.65. The molecule has 1 amide bonds. The van der Waals surface area contributed by atoms with Gasteiger partial charge < -0.3 is 0 Å². The van der Waals surface area contributed by atoms with E-state index in [0.29, 0.717) is 15.2 Å². The third-order valence-electron chi connectivity index (χ3n) is 2.86. The van der Waals surface area contributed by atoms with Crippen molar-refractivity contribution in [2.45, 2.75) is 0 Å². The SMILES string of the molecule is O=C(Nc1nc2c(Cl)c(Cl)ccc2s1)c1c(F)cccc1F. The van der Waals surface area contributed by atoms with Crippen molar-refractivity contribution in [1.29, 1.82) is 0 Å². The van der Waals surface area contributed by atoms with Crippen LogP contribution in [0, 0.1) is 11.6 Å². The number of nitrogens with one attached hydrogen (secondary N) is 1. The van der Waals surface area contributed by atoms with Gasteiger partial charge in [0.1, 0.15) is 22.7 Å². The summed E-state index contributed by atoms with van der Waals surface area (Å²) >= 11 is 13.0. The van der Waals surface area contributed by atoms with E-state index in [-0.39, 0.29) is 10.2 Å². The van der Waals surface area contributed by atoms with Crippen molar-refractivity contribution in [3.8, 4) is 0 Å². The van der Waals surface area contributed by atoms with Crippen LogP contribution in [-0.2, 0) is 0 Å². The van der Waals surface area contributed by atoms with E-state index in [4.69, 9.17) is 23.2 Å². The Morgan fingerprint density at radius 3 is 2.50 bits per heavy atom. The summed E-state index contributed by atoms with van der Waals surface area (Å²) in [5.74, 6) is -2.81. The number of hydrogen-bond donors (Lipinski definition) is 1. The van der Waals surface area contributed by atoms with Gasteiger partial charge in [0.15, 0.2) is 5.13 Å². The third-order valence-corrected chi connectivity index (χ3v) is 4.59. The van der Waals surface area contributed by atoms with Crippen molar-refractivity contribution in [3.63, 3.8) is 0 Å². The molecule has 3 rings (SSSR count). The number of amides is 1. The quantitative estimate of drug-likeness (QED) is 0.689. The molecule has 3 aromatic rings. The molecule has 22 heavy (non-hydrogen) atoms. The summed E-state index contributed by atoms with van der Waals surface area (Å²) in [6.45, 7) is 0. The van der Waals surface area contributed by atoms with Crippen LogP contribution in [0.1, 0.15) is 10.4 Å². The second-order valence-electron chi connectivity index (χ2n) is 4.28. The van der Waals surface area contributed by atoms with E-state index < -0.39 is 23.1 Å². The van der Waals surface area contributed by atoms with Crippen LogP contribution < -0.4 is 5.32 Å². The second kappa shape index (κ2) is 5.79. The lowest BCUT2D eigenvalue weighted by atomic mass is 10.2. The molecule has 0 saturated carbocycles. The number of aromatic nitrogens is 1. The molecule has 0 aliphatic heterocycles. The molecule has 0 aliphatic rings. The number of rotatable bonds is 2. The Morgan fingerprint density at radius 1 is 1.14 bits per heavy atom. The number of benzene rings is 2. The van der Waals surface area contributed by atoms with Gasteiger partial charge in [-0.3, -0.25) is 10.1 Å². The summed E-state index contributed by atoms with van der Waals surface area (Å²) in [6.07, 6.45) is 0. The van der Waals surface area contributed by atoms with E-state index in [2.05, 4.69) is 10.3 Å². The van der Waals surface area contributed by atoms with Gasteiger partial charge in [-0.05, 0) is 24.3 Å². The smallest absolute Gasteiger partial charge is 0.263 e. The zero-order valence-electron chi connectivity index (χ0n) is 10.7. The van der Waals surface area contributed by atoms with Gasteiger partial charge >= 0.3 is 0 Å². The van der Waals surface area contributed by atoms with Crippen molar-refractivity contribution in [3.05, 3.63) is 57.6 Å². The van der Waals surface area contributed by atoms with Crippen molar-refractivity contribution in [2.24, 2.45) is 0 Å². The molecule has 8 heteroatoms. The summed E-state index contributed by atoms with van der Waals surface area (Å²) in [5, 5.41) is 3.12. The number of halogens is 4. The van der Waals surface area contributed by atoms with Gasteiger partial charge in [-0.2, -0.15) is 0 Å². The molecule has 0 aliphatic carbocycles. The Labute approximate surface area is 137 Å². The van der Waals surface area contributed by atoms with Crippen molar-refractivity contribution in [2.75, 3.05) is 5.32 Å². The summed E-state index contributed by atoms with van der Waals surface area (Å²) in [7, 11) is 0. The van der Waals surface area contributed by atoms with Gasteiger partial charge in [0.05, 0.1) is 14.7 Å². The Morgan fingerprint density at radius 2 is 1.82 bits per heavy atom. The highest BCUT2D eigenvalue weighted by Crippen LogP contribution is 2.35. The lowest BCUT2D eigenvalue weighted by Gasteiger charge is -2.03. The molecular weight excluding hydrogens is 353 g/mol. The molecule has 1 heterocycles. The standard InChI is InChI=1S/C14H6Cl2F2N2OS/c15-6-4-5-9-12(11(6)16)19-14(22-9)20-13(21)10-7(17)2-1-3-8(10)18/h1-5H,(H,19,20,21). The Bertz CT molecular complexity index is 878. The number of nitrogens with zero attached hydrogens (tertiary/aromatic N) is 1. The lowest BCUT2D eigenvalue weighted by molar-refractivity contribution is 0.101. The van der Waals surface area contributed by atoms with Crippen LogP contribution >= 0.6 is 34.5 Å². The first-order valence-electron chi connectivity index (χ1n) is 5.97. The summed E-state index contributed by atoms with van der Waals surface area (Å²) in [5.41, 5.74) is -0.241. The average Bonchev–Trinajstić information content (AvgIpc) is 2.86. The lowest BCUT2D eigenvalue weighted by Crippen LogP contribution is -2.15. The zero-order chi connectivity index (χ0) is 15.9. The zero-order valence-corrected chi connectivity index (χ0v) is 13.0. The number of anilines is 1. The number of thiazole rings is 1. The summed E-state index contributed by atoms with van der Waals surface area (Å²) in [6, 6.07) is 6.49. The van der Waals surface area contributed by atoms with E-state index in [9.17, 15) is 13.6 Å². The molecule has 0 spiro atoms. The van der Waals surface area contributed by atoms with E-state index in [1.807, 2.05) is 0 Å². The van der Waals surface area contributed by atoms with E-state index in [0.717, 1.165) is 23.5 Å². The predicted molar refractivity (Wildman–Crippen MR) is 84.0 cm³/mol. The predicted octanol–water partition coefficient (Wildman–Crippen LogP) is 5.13. The largest absolute Gasteiger partial charge is 0.298 e. The fraction of sp³-hybridized carbons (Fsp3) is 0. The minimum atomic E-state index is -0.945. The maximum Gasteiger partial charge on any atom is 0.263 e. The molecule has 112 valence electrons. The summed E-state index contributed by atoms with van der Waals surface area (Å²) < 4.78 is 27.8. The Hall–Kier alpha value is -1.76. The van der Waals surface area contributed by atoms with E-state index in [1.165, 1.54) is 6.07 Å². The van der Waals surface area contributed by atoms with E-state index >= 15 is 0 Å². The van der Waals surface area contributed by atoms with Crippen LogP contribution in [0.25, 0.3) is 10.2 Å². The molecule has 3 nitrogen and oxygen atoms in total.